The van der Waals surface area contributed by atoms with Crippen molar-refractivity contribution in [1.82, 2.24) is 4.98 Å². The van der Waals surface area contributed by atoms with Gasteiger partial charge < -0.3 is 4.74 Å². The number of nitrogens with zero attached hydrogens (tertiary/aromatic N) is 1. The van der Waals surface area contributed by atoms with Crippen molar-refractivity contribution in [3.63, 3.8) is 0 Å². The minimum Gasteiger partial charge on any atom is -0.497 e. The van der Waals surface area contributed by atoms with Crippen molar-refractivity contribution in [2.24, 2.45) is 0 Å². The van der Waals surface area contributed by atoms with Gasteiger partial charge in [0.1, 0.15) is 5.75 Å². The molecule has 0 saturated heterocycles. The SMILES string of the molecule is COc1cccc(C(=O)Cc2ccc(C)cn2)c1. The zero-order valence-electron chi connectivity index (χ0n) is 10.5. The molecule has 0 aliphatic heterocycles. The largest absolute Gasteiger partial charge is 0.497 e. The fraction of sp³-hybridized carbons (Fsp3) is 0.200. The first-order valence-corrected chi connectivity index (χ1v) is 5.78. The summed E-state index contributed by atoms with van der Waals surface area (Å²) in [6.07, 6.45) is 2.08. The zero-order chi connectivity index (χ0) is 13.0. The molecule has 0 amide bonds. The van der Waals surface area contributed by atoms with Gasteiger partial charge in [-0.05, 0) is 30.7 Å². The summed E-state index contributed by atoms with van der Waals surface area (Å²) in [7, 11) is 1.59. The van der Waals surface area contributed by atoms with Gasteiger partial charge in [0.15, 0.2) is 5.78 Å². The van der Waals surface area contributed by atoms with Crippen molar-refractivity contribution in [3.8, 4) is 5.75 Å². The van der Waals surface area contributed by atoms with E-state index in [1.807, 2.05) is 31.2 Å². The van der Waals surface area contributed by atoms with Gasteiger partial charge in [0.05, 0.1) is 13.5 Å². The van der Waals surface area contributed by atoms with Gasteiger partial charge in [-0.25, -0.2) is 0 Å². The molecule has 0 bridgehead atoms. The molecule has 0 aliphatic rings. The summed E-state index contributed by atoms with van der Waals surface area (Å²) >= 11 is 0. The zero-order valence-corrected chi connectivity index (χ0v) is 10.5. The Bertz CT molecular complexity index is 547. The molecule has 0 fully saturated rings. The average Bonchev–Trinajstić information content (AvgIpc) is 2.41. The Hall–Kier alpha value is -2.16. The Labute approximate surface area is 106 Å². The molecule has 0 N–H and O–H groups in total. The van der Waals surface area contributed by atoms with Crippen LogP contribution in [0, 0.1) is 6.92 Å². The number of pyridine rings is 1. The second kappa shape index (κ2) is 5.45. The van der Waals surface area contributed by atoms with Gasteiger partial charge in [0.2, 0.25) is 0 Å². The average molecular weight is 241 g/mol. The third-order valence-electron chi connectivity index (χ3n) is 2.71. The number of benzene rings is 1. The molecular formula is C15H15NO2. The topological polar surface area (TPSA) is 39.2 Å². The molecular weight excluding hydrogens is 226 g/mol. The Morgan fingerprint density at radius 1 is 1.28 bits per heavy atom. The monoisotopic (exact) mass is 241 g/mol. The maximum Gasteiger partial charge on any atom is 0.168 e. The van der Waals surface area contributed by atoms with Gasteiger partial charge in [-0.15, -0.1) is 0 Å². The maximum absolute atomic E-state index is 12.1. The standard InChI is InChI=1S/C15H15NO2/c1-11-6-7-13(16-10-11)9-15(17)12-4-3-5-14(8-12)18-2/h3-8,10H,9H2,1-2H3. The molecule has 0 saturated carbocycles. The van der Waals surface area contributed by atoms with Crippen LogP contribution in [-0.4, -0.2) is 17.9 Å². The van der Waals surface area contributed by atoms with Crippen LogP contribution in [0.25, 0.3) is 0 Å². The predicted octanol–water partition coefficient (Wildman–Crippen LogP) is 2.82. The lowest BCUT2D eigenvalue weighted by Crippen LogP contribution is -2.05. The summed E-state index contributed by atoms with van der Waals surface area (Å²) in [4.78, 5) is 16.3. The van der Waals surface area contributed by atoms with Crippen LogP contribution >= 0.6 is 0 Å². The van der Waals surface area contributed by atoms with Crippen LogP contribution in [0.1, 0.15) is 21.6 Å². The van der Waals surface area contributed by atoms with E-state index in [0.717, 1.165) is 11.3 Å². The highest BCUT2D eigenvalue weighted by Gasteiger charge is 2.08. The number of methoxy groups -OCH3 is 1. The molecule has 0 radical (unpaired) electrons. The number of hydrogen-bond acceptors (Lipinski definition) is 3. The van der Waals surface area contributed by atoms with Gasteiger partial charge >= 0.3 is 0 Å². The normalized spacial score (nSPS) is 10.1. The van der Waals surface area contributed by atoms with Crippen LogP contribution in [0.2, 0.25) is 0 Å². The van der Waals surface area contributed by atoms with Gasteiger partial charge in [-0.2, -0.15) is 0 Å². The van der Waals surface area contributed by atoms with E-state index in [1.165, 1.54) is 0 Å². The number of ether oxygens (including phenoxy) is 1. The Kier molecular flexibility index (Phi) is 3.72. The number of Topliss-reactive ketones (excluding diaryl/α,β-unsaturated/α-hetero) is 1. The van der Waals surface area contributed by atoms with Gasteiger partial charge in [-0.1, -0.05) is 18.2 Å². The van der Waals surface area contributed by atoms with Crippen molar-refractivity contribution in [2.75, 3.05) is 7.11 Å². The lowest BCUT2D eigenvalue weighted by atomic mass is 10.1. The summed E-state index contributed by atoms with van der Waals surface area (Å²) < 4.78 is 5.10. The molecule has 1 aromatic carbocycles. The third kappa shape index (κ3) is 2.94. The third-order valence-corrected chi connectivity index (χ3v) is 2.71. The molecule has 1 heterocycles. The summed E-state index contributed by atoms with van der Waals surface area (Å²) in [6.45, 7) is 1.97. The molecule has 18 heavy (non-hydrogen) atoms. The lowest BCUT2D eigenvalue weighted by Gasteiger charge is -2.04. The molecule has 1 aromatic heterocycles. The predicted molar refractivity (Wildman–Crippen MR) is 70.0 cm³/mol. The second-order valence-electron chi connectivity index (χ2n) is 4.16. The number of hydrogen-bond donors (Lipinski definition) is 0. The minimum absolute atomic E-state index is 0.0465. The van der Waals surface area contributed by atoms with E-state index >= 15 is 0 Å². The van der Waals surface area contributed by atoms with Crippen LogP contribution in [0.5, 0.6) is 5.75 Å². The lowest BCUT2D eigenvalue weighted by molar-refractivity contribution is 0.0991. The van der Waals surface area contributed by atoms with E-state index < -0.39 is 0 Å². The van der Waals surface area contributed by atoms with Crippen molar-refractivity contribution in [2.45, 2.75) is 13.3 Å². The minimum atomic E-state index is 0.0465. The van der Waals surface area contributed by atoms with Crippen LogP contribution in [0.3, 0.4) is 0 Å². The highest BCUT2D eigenvalue weighted by molar-refractivity contribution is 5.97. The number of carbonyl (C=O) groups is 1. The number of carbonyl (C=O) groups excluding carboxylic acids is 1. The van der Waals surface area contributed by atoms with Crippen molar-refractivity contribution in [1.29, 1.82) is 0 Å². The number of ketones is 1. The van der Waals surface area contributed by atoms with Crippen molar-refractivity contribution < 1.29 is 9.53 Å². The molecule has 2 aromatic rings. The first-order valence-electron chi connectivity index (χ1n) is 5.78. The molecule has 3 nitrogen and oxygen atoms in total. The van der Waals surface area contributed by atoms with Crippen LogP contribution < -0.4 is 4.74 Å². The highest BCUT2D eigenvalue weighted by Crippen LogP contribution is 2.14. The number of aromatic nitrogens is 1. The van der Waals surface area contributed by atoms with Gasteiger partial charge in [-0.3, -0.25) is 9.78 Å². The second-order valence-corrected chi connectivity index (χ2v) is 4.16. The van der Waals surface area contributed by atoms with Gasteiger partial charge in [0.25, 0.3) is 0 Å². The van der Waals surface area contributed by atoms with Crippen LogP contribution in [-0.2, 0) is 6.42 Å². The molecule has 0 atom stereocenters. The van der Waals surface area contributed by atoms with E-state index in [-0.39, 0.29) is 5.78 Å². The Morgan fingerprint density at radius 3 is 2.78 bits per heavy atom. The quantitative estimate of drug-likeness (QED) is 0.773. The summed E-state index contributed by atoms with van der Waals surface area (Å²) in [5, 5.41) is 0. The molecule has 2 rings (SSSR count). The van der Waals surface area contributed by atoms with Crippen LogP contribution in [0.4, 0.5) is 0 Å². The number of aryl methyl sites for hydroxylation is 1. The van der Waals surface area contributed by atoms with E-state index in [2.05, 4.69) is 4.98 Å². The van der Waals surface area contributed by atoms with E-state index in [9.17, 15) is 4.79 Å². The highest BCUT2D eigenvalue weighted by atomic mass is 16.5. The fourth-order valence-electron chi connectivity index (χ4n) is 1.67. The van der Waals surface area contributed by atoms with Crippen molar-refractivity contribution >= 4 is 5.78 Å². The summed E-state index contributed by atoms with van der Waals surface area (Å²) in [6, 6.07) is 11.0. The fourth-order valence-corrected chi connectivity index (χ4v) is 1.67. The summed E-state index contributed by atoms with van der Waals surface area (Å²) in [5.74, 6) is 0.739. The molecule has 0 aliphatic carbocycles. The molecule has 0 spiro atoms. The Balaban J connectivity index is 2.14. The molecule has 92 valence electrons. The first-order chi connectivity index (χ1) is 8.69. The summed E-state index contributed by atoms with van der Waals surface area (Å²) in [5.41, 5.74) is 2.53. The van der Waals surface area contributed by atoms with Crippen LogP contribution in [0.15, 0.2) is 42.6 Å². The molecule has 0 unspecified atom stereocenters. The first kappa shape index (κ1) is 12.3. The van der Waals surface area contributed by atoms with Crippen molar-refractivity contribution in [3.05, 3.63) is 59.4 Å². The van der Waals surface area contributed by atoms with E-state index in [0.29, 0.717) is 17.7 Å². The number of rotatable bonds is 4. The van der Waals surface area contributed by atoms with Gasteiger partial charge in [0, 0.05) is 17.5 Å². The smallest absolute Gasteiger partial charge is 0.168 e. The molecule has 3 heteroatoms. The Morgan fingerprint density at radius 2 is 2.11 bits per heavy atom. The maximum atomic E-state index is 12.1. The van der Waals surface area contributed by atoms with E-state index in [4.69, 9.17) is 4.74 Å². The van der Waals surface area contributed by atoms with E-state index in [1.54, 1.807) is 25.4 Å².